The number of hydrogen-bond donors (Lipinski definition) is 1. The predicted molar refractivity (Wildman–Crippen MR) is 116 cm³/mol. The highest BCUT2D eigenvalue weighted by Crippen LogP contribution is 2.32. The molecule has 6 heteroatoms. The van der Waals surface area contributed by atoms with Gasteiger partial charge in [0.1, 0.15) is 0 Å². The van der Waals surface area contributed by atoms with Gasteiger partial charge in [0.25, 0.3) is 0 Å². The van der Waals surface area contributed by atoms with E-state index in [-0.39, 0.29) is 12.8 Å². The Morgan fingerprint density at radius 2 is 1.83 bits per heavy atom. The van der Waals surface area contributed by atoms with Gasteiger partial charge in [-0.2, -0.15) is 0 Å². The minimum Gasteiger partial charge on any atom is -0.454 e. The Hall–Kier alpha value is -3.54. The third kappa shape index (κ3) is 4.89. The first kappa shape index (κ1) is 19.8. The summed E-state index contributed by atoms with van der Waals surface area (Å²) >= 11 is 0. The molecule has 0 spiro atoms. The summed E-state index contributed by atoms with van der Waals surface area (Å²) < 4.78 is 10.9. The van der Waals surface area contributed by atoms with Crippen molar-refractivity contribution in [2.75, 3.05) is 18.7 Å². The number of carbonyl (C=O) groups excluding carboxylic acids is 1. The summed E-state index contributed by atoms with van der Waals surface area (Å²) in [4.78, 5) is 19.2. The first-order valence-electron chi connectivity index (χ1n) is 10.1. The zero-order valence-electron chi connectivity index (χ0n) is 17.0. The second-order valence-corrected chi connectivity index (χ2v) is 7.16. The van der Waals surface area contributed by atoms with Crippen LogP contribution in [-0.2, 0) is 19.4 Å². The van der Waals surface area contributed by atoms with Gasteiger partial charge in [-0.1, -0.05) is 31.2 Å². The lowest BCUT2D eigenvalue weighted by Crippen LogP contribution is -2.36. The van der Waals surface area contributed by atoms with Gasteiger partial charge < -0.3 is 19.7 Å². The summed E-state index contributed by atoms with van der Waals surface area (Å²) in [5.41, 5.74) is 3.95. The zero-order valence-corrected chi connectivity index (χ0v) is 17.0. The van der Waals surface area contributed by atoms with Crippen molar-refractivity contribution in [3.05, 3.63) is 83.7 Å². The minimum absolute atomic E-state index is 0.146. The maximum Gasteiger partial charge on any atom is 0.322 e. The van der Waals surface area contributed by atoms with E-state index < -0.39 is 0 Å². The standard InChI is InChI=1S/C24H25N3O3/c1-2-18-6-9-21(10-7-18)26-24(28)27(14-12-20-5-3-4-13-25-20)16-19-8-11-22-23(15-19)30-17-29-22/h3-11,13,15H,2,12,14,16-17H2,1H3,(H,26,28). The molecular formula is C24H25N3O3. The van der Waals surface area contributed by atoms with Crippen LogP contribution in [0.15, 0.2) is 66.9 Å². The molecule has 30 heavy (non-hydrogen) atoms. The van der Waals surface area contributed by atoms with Gasteiger partial charge in [-0.15, -0.1) is 0 Å². The van der Waals surface area contributed by atoms with Crippen LogP contribution in [0.25, 0.3) is 0 Å². The molecule has 0 fully saturated rings. The molecule has 0 atom stereocenters. The fourth-order valence-electron chi connectivity index (χ4n) is 3.33. The van der Waals surface area contributed by atoms with Crippen LogP contribution in [0.2, 0.25) is 0 Å². The summed E-state index contributed by atoms with van der Waals surface area (Å²) in [7, 11) is 0. The van der Waals surface area contributed by atoms with Crippen molar-refractivity contribution < 1.29 is 14.3 Å². The summed E-state index contributed by atoms with van der Waals surface area (Å²) in [6.45, 7) is 3.35. The molecular weight excluding hydrogens is 378 g/mol. The van der Waals surface area contributed by atoms with Crippen LogP contribution in [0.5, 0.6) is 11.5 Å². The minimum atomic E-state index is -0.146. The number of nitrogens with zero attached hydrogens (tertiary/aromatic N) is 2. The number of urea groups is 1. The lowest BCUT2D eigenvalue weighted by molar-refractivity contribution is 0.174. The molecule has 0 aliphatic carbocycles. The summed E-state index contributed by atoms with van der Waals surface area (Å²) in [6.07, 6.45) is 3.41. The Bertz CT molecular complexity index is 990. The van der Waals surface area contributed by atoms with Gasteiger partial charge in [-0.25, -0.2) is 4.79 Å². The Kier molecular flexibility index (Phi) is 6.13. The van der Waals surface area contributed by atoms with Crippen molar-refractivity contribution >= 4 is 11.7 Å². The fourth-order valence-corrected chi connectivity index (χ4v) is 3.33. The Labute approximate surface area is 176 Å². The average molecular weight is 403 g/mol. The van der Waals surface area contributed by atoms with Crippen LogP contribution < -0.4 is 14.8 Å². The molecule has 2 aromatic carbocycles. The van der Waals surface area contributed by atoms with E-state index >= 15 is 0 Å². The molecule has 0 unspecified atom stereocenters. The molecule has 1 N–H and O–H groups in total. The number of carbonyl (C=O) groups is 1. The quantitative estimate of drug-likeness (QED) is 0.624. The maximum atomic E-state index is 13.1. The SMILES string of the molecule is CCc1ccc(NC(=O)N(CCc2ccccn2)Cc2ccc3c(c2)OCO3)cc1. The van der Waals surface area contributed by atoms with Gasteiger partial charge in [-0.05, 0) is 53.9 Å². The van der Waals surface area contributed by atoms with Crippen molar-refractivity contribution in [1.29, 1.82) is 0 Å². The van der Waals surface area contributed by atoms with Gasteiger partial charge in [0, 0.05) is 37.1 Å². The summed E-state index contributed by atoms with van der Waals surface area (Å²) in [5.74, 6) is 1.45. The average Bonchev–Trinajstić information content (AvgIpc) is 3.25. The first-order valence-corrected chi connectivity index (χ1v) is 10.1. The van der Waals surface area contributed by atoms with Gasteiger partial charge in [0.15, 0.2) is 11.5 Å². The van der Waals surface area contributed by atoms with Crippen molar-refractivity contribution in [2.45, 2.75) is 26.3 Å². The van der Waals surface area contributed by atoms with Crippen molar-refractivity contribution in [2.24, 2.45) is 0 Å². The molecule has 3 aromatic rings. The largest absolute Gasteiger partial charge is 0.454 e. The third-order valence-electron chi connectivity index (χ3n) is 5.08. The van der Waals surface area contributed by atoms with Gasteiger partial charge in [0.2, 0.25) is 6.79 Å². The highest BCUT2D eigenvalue weighted by molar-refractivity contribution is 5.89. The zero-order chi connectivity index (χ0) is 20.8. The lowest BCUT2D eigenvalue weighted by Gasteiger charge is -2.23. The number of ether oxygens (including phenoxy) is 2. The van der Waals surface area contributed by atoms with E-state index in [1.807, 2.05) is 60.7 Å². The van der Waals surface area contributed by atoms with Crippen molar-refractivity contribution in [1.82, 2.24) is 9.88 Å². The number of nitrogens with one attached hydrogen (secondary N) is 1. The van der Waals surface area contributed by atoms with E-state index in [4.69, 9.17) is 9.47 Å². The highest BCUT2D eigenvalue weighted by Gasteiger charge is 2.18. The van der Waals surface area contributed by atoms with Crippen LogP contribution >= 0.6 is 0 Å². The van der Waals surface area contributed by atoms with Crippen LogP contribution in [0.3, 0.4) is 0 Å². The highest BCUT2D eigenvalue weighted by atomic mass is 16.7. The molecule has 0 saturated carbocycles. The van der Waals surface area contributed by atoms with E-state index in [2.05, 4.69) is 17.2 Å². The second kappa shape index (κ2) is 9.31. The number of aromatic nitrogens is 1. The number of aryl methyl sites for hydroxylation is 1. The van der Waals surface area contributed by atoms with E-state index in [1.54, 1.807) is 11.1 Å². The van der Waals surface area contributed by atoms with Gasteiger partial charge >= 0.3 is 6.03 Å². The smallest absolute Gasteiger partial charge is 0.322 e. The number of anilines is 1. The van der Waals surface area contributed by atoms with Crippen molar-refractivity contribution in [3.63, 3.8) is 0 Å². The maximum absolute atomic E-state index is 13.1. The fraction of sp³-hybridized carbons (Fsp3) is 0.250. The molecule has 0 saturated heterocycles. The summed E-state index contributed by atoms with van der Waals surface area (Å²) in [5, 5.41) is 3.01. The number of amides is 2. The van der Waals surface area contributed by atoms with Gasteiger partial charge in [0.05, 0.1) is 0 Å². The van der Waals surface area contributed by atoms with Crippen LogP contribution in [0.1, 0.15) is 23.7 Å². The number of rotatable bonds is 7. The molecule has 4 rings (SSSR count). The monoisotopic (exact) mass is 403 g/mol. The number of pyridine rings is 1. The Morgan fingerprint density at radius 3 is 2.60 bits per heavy atom. The number of benzene rings is 2. The van der Waals surface area contributed by atoms with E-state index in [0.717, 1.165) is 29.1 Å². The van der Waals surface area contributed by atoms with Crippen LogP contribution in [0, 0.1) is 0 Å². The molecule has 0 bridgehead atoms. The molecule has 1 aliphatic heterocycles. The molecule has 1 aromatic heterocycles. The van der Waals surface area contributed by atoms with E-state index in [9.17, 15) is 4.79 Å². The molecule has 154 valence electrons. The van der Waals surface area contributed by atoms with E-state index in [1.165, 1.54) is 5.56 Å². The number of fused-ring (bicyclic) bond motifs is 1. The molecule has 1 aliphatic rings. The predicted octanol–water partition coefficient (Wildman–Crippen LogP) is 4.65. The molecule has 2 heterocycles. The van der Waals surface area contributed by atoms with Gasteiger partial charge in [-0.3, -0.25) is 4.98 Å². The van der Waals surface area contributed by atoms with Crippen LogP contribution in [0.4, 0.5) is 10.5 Å². The second-order valence-electron chi connectivity index (χ2n) is 7.16. The third-order valence-corrected chi connectivity index (χ3v) is 5.08. The summed E-state index contributed by atoms with van der Waals surface area (Å²) in [6, 6.07) is 19.4. The molecule has 0 radical (unpaired) electrons. The molecule has 6 nitrogen and oxygen atoms in total. The van der Waals surface area contributed by atoms with E-state index in [0.29, 0.717) is 25.3 Å². The first-order chi connectivity index (χ1) is 14.7. The topological polar surface area (TPSA) is 63.7 Å². The molecule has 2 amide bonds. The van der Waals surface area contributed by atoms with Crippen LogP contribution in [-0.4, -0.2) is 29.3 Å². The Morgan fingerprint density at radius 1 is 1.03 bits per heavy atom. The number of hydrogen-bond acceptors (Lipinski definition) is 4. The van der Waals surface area contributed by atoms with Crippen molar-refractivity contribution in [3.8, 4) is 11.5 Å². The lowest BCUT2D eigenvalue weighted by atomic mass is 10.1. The Balaban J connectivity index is 1.48. The normalized spacial score (nSPS) is 11.9.